The van der Waals surface area contributed by atoms with Crippen molar-refractivity contribution in [2.24, 2.45) is 0 Å². The molecule has 0 aliphatic rings. The maximum absolute atomic E-state index is 9.08. The SMILES string of the molecule is COCCCOc1ccc(Cl)cc1CO. The largest absolute Gasteiger partial charge is 0.493 e. The number of aliphatic hydroxyl groups is 1. The van der Waals surface area contributed by atoms with Crippen molar-refractivity contribution in [2.45, 2.75) is 13.0 Å². The predicted molar refractivity (Wildman–Crippen MR) is 59.4 cm³/mol. The third kappa shape index (κ3) is 4.08. The average Bonchev–Trinajstić information content (AvgIpc) is 2.26. The molecule has 4 heteroatoms. The van der Waals surface area contributed by atoms with Gasteiger partial charge in [-0.3, -0.25) is 0 Å². The molecule has 84 valence electrons. The number of hydrogen-bond acceptors (Lipinski definition) is 3. The van der Waals surface area contributed by atoms with Crippen LogP contribution < -0.4 is 4.74 Å². The minimum atomic E-state index is -0.0693. The Morgan fingerprint density at radius 1 is 1.33 bits per heavy atom. The van der Waals surface area contributed by atoms with Gasteiger partial charge in [-0.05, 0) is 18.2 Å². The number of ether oxygens (including phenoxy) is 2. The van der Waals surface area contributed by atoms with Crippen LogP contribution >= 0.6 is 11.6 Å². The van der Waals surface area contributed by atoms with Crippen LogP contribution in [0.1, 0.15) is 12.0 Å². The van der Waals surface area contributed by atoms with Gasteiger partial charge in [-0.1, -0.05) is 11.6 Å². The molecule has 0 aliphatic heterocycles. The normalized spacial score (nSPS) is 10.3. The van der Waals surface area contributed by atoms with E-state index in [9.17, 15) is 0 Å². The summed E-state index contributed by atoms with van der Waals surface area (Å²) in [5.74, 6) is 0.679. The number of rotatable bonds is 6. The summed E-state index contributed by atoms with van der Waals surface area (Å²) in [7, 11) is 1.65. The molecule has 0 aromatic heterocycles. The first-order valence-electron chi connectivity index (χ1n) is 4.79. The number of methoxy groups -OCH3 is 1. The van der Waals surface area contributed by atoms with Crippen molar-refractivity contribution in [3.05, 3.63) is 28.8 Å². The van der Waals surface area contributed by atoms with Crippen molar-refractivity contribution in [1.82, 2.24) is 0 Å². The van der Waals surface area contributed by atoms with Gasteiger partial charge in [0.2, 0.25) is 0 Å². The van der Waals surface area contributed by atoms with Gasteiger partial charge < -0.3 is 14.6 Å². The molecule has 1 rings (SSSR count). The lowest BCUT2D eigenvalue weighted by molar-refractivity contribution is 0.170. The number of hydrogen-bond donors (Lipinski definition) is 1. The van der Waals surface area contributed by atoms with Crippen LogP contribution in [0.5, 0.6) is 5.75 Å². The Bertz CT molecular complexity index is 302. The van der Waals surface area contributed by atoms with Gasteiger partial charge >= 0.3 is 0 Å². The van der Waals surface area contributed by atoms with E-state index in [-0.39, 0.29) is 6.61 Å². The molecule has 15 heavy (non-hydrogen) atoms. The van der Waals surface area contributed by atoms with E-state index in [1.807, 2.05) is 0 Å². The van der Waals surface area contributed by atoms with Crippen LogP contribution in [0, 0.1) is 0 Å². The van der Waals surface area contributed by atoms with Gasteiger partial charge in [0.15, 0.2) is 0 Å². The Balaban J connectivity index is 2.52. The van der Waals surface area contributed by atoms with E-state index >= 15 is 0 Å². The van der Waals surface area contributed by atoms with E-state index in [4.69, 9.17) is 26.2 Å². The van der Waals surface area contributed by atoms with Gasteiger partial charge in [-0.15, -0.1) is 0 Å². The highest BCUT2D eigenvalue weighted by molar-refractivity contribution is 6.30. The van der Waals surface area contributed by atoms with Crippen LogP contribution in [0.15, 0.2) is 18.2 Å². The zero-order valence-corrected chi connectivity index (χ0v) is 9.46. The van der Waals surface area contributed by atoms with Crippen molar-refractivity contribution >= 4 is 11.6 Å². The molecule has 0 spiro atoms. The molecule has 0 saturated heterocycles. The first-order valence-corrected chi connectivity index (χ1v) is 5.16. The van der Waals surface area contributed by atoms with Crippen molar-refractivity contribution in [3.8, 4) is 5.75 Å². The van der Waals surface area contributed by atoms with Crippen LogP contribution in [-0.4, -0.2) is 25.4 Å². The Labute approximate surface area is 94.6 Å². The number of benzene rings is 1. The van der Waals surface area contributed by atoms with Crippen molar-refractivity contribution in [3.63, 3.8) is 0 Å². The van der Waals surface area contributed by atoms with Crippen LogP contribution in [0.2, 0.25) is 5.02 Å². The van der Waals surface area contributed by atoms with Gasteiger partial charge in [0, 0.05) is 30.7 Å². The lowest BCUT2D eigenvalue weighted by atomic mass is 10.2. The highest BCUT2D eigenvalue weighted by Gasteiger charge is 2.03. The predicted octanol–water partition coefficient (Wildman–Crippen LogP) is 2.25. The quantitative estimate of drug-likeness (QED) is 0.762. The summed E-state index contributed by atoms with van der Waals surface area (Å²) in [4.78, 5) is 0. The molecule has 3 nitrogen and oxygen atoms in total. The molecule has 0 saturated carbocycles. The highest BCUT2D eigenvalue weighted by Crippen LogP contribution is 2.22. The maximum atomic E-state index is 9.08. The summed E-state index contributed by atoms with van der Waals surface area (Å²) in [5, 5.41) is 9.68. The average molecular weight is 231 g/mol. The van der Waals surface area contributed by atoms with E-state index < -0.39 is 0 Å². The monoisotopic (exact) mass is 230 g/mol. The van der Waals surface area contributed by atoms with E-state index in [0.29, 0.717) is 29.5 Å². The molecule has 0 bridgehead atoms. The third-order valence-electron chi connectivity index (χ3n) is 1.94. The van der Waals surface area contributed by atoms with E-state index in [0.717, 1.165) is 6.42 Å². The van der Waals surface area contributed by atoms with Gasteiger partial charge in [-0.2, -0.15) is 0 Å². The second-order valence-electron chi connectivity index (χ2n) is 3.10. The first kappa shape index (κ1) is 12.3. The summed E-state index contributed by atoms with van der Waals surface area (Å²) in [6.07, 6.45) is 0.823. The fraction of sp³-hybridized carbons (Fsp3) is 0.455. The molecule has 0 heterocycles. The van der Waals surface area contributed by atoms with E-state index in [1.165, 1.54) is 0 Å². The van der Waals surface area contributed by atoms with E-state index in [1.54, 1.807) is 25.3 Å². The lowest BCUT2D eigenvalue weighted by Crippen LogP contribution is -2.03. The molecule has 1 aromatic carbocycles. The van der Waals surface area contributed by atoms with Gasteiger partial charge in [-0.25, -0.2) is 0 Å². The summed E-state index contributed by atoms with van der Waals surface area (Å²) in [6, 6.07) is 5.21. The van der Waals surface area contributed by atoms with Crippen LogP contribution in [0.3, 0.4) is 0 Å². The summed E-state index contributed by atoms with van der Waals surface area (Å²) >= 11 is 5.79. The summed E-state index contributed by atoms with van der Waals surface area (Å²) in [5.41, 5.74) is 0.708. The zero-order chi connectivity index (χ0) is 11.1. The van der Waals surface area contributed by atoms with Crippen LogP contribution in [-0.2, 0) is 11.3 Å². The molecule has 0 atom stereocenters. The summed E-state index contributed by atoms with van der Waals surface area (Å²) < 4.78 is 10.4. The molecule has 0 amide bonds. The van der Waals surface area contributed by atoms with E-state index in [2.05, 4.69) is 0 Å². The first-order chi connectivity index (χ1) is 7.27. The second-order valence-corrected chi connectivity index (χ2v) is 3.54. The minimum Gasteiger partial charge on any atom is -0.493 e. The topological polar surface area (TPSA) is 38.7 Å². The Kier molecular flexibility index (Phi) is 5.47. The molecule has 0 fully saturated rings. The molecule has 0 aliphatic carbocycles. The smallest absolute Gasteiger partial charge is 0.124 e. The van der Waals surface area contributed by atoms with Crippen LogP contribution in [0.25, 0.3) is 0 Å². The highest BCUT2D eigenvalue weighted by atomic mass is 35.5. The van der Waals surface area contributed by atoms with Crippen molar-refractivity contribution in [2.75, 3.05) is 20.3 Å². The Morgan fingerprint density at radius 3 is 2.80 bits per heavy atom. The van der Waals surface area contributed by atoms with Crippen LogP contribution in [0.4, 0.5) is 0 Å². The summed E-state index contributed by atoms with van der Waals surface area (Å²) in [6.45, 7) is 1.17. The third-order valence-corrected chi connectivity index (χ3v) is 2.18. The fourth-order valence-corrected chi connectivity index (χ4v) is 1.39. The Morgan fingerprint density at radius 2 is 2.13 bits per heavy atom. The molecule has 0 radical (unpaired) electrons. The number of aliphatic hydroxyl groups excluding tert-OH is 1. The molecule has 1 aromatic rings. The van der Waals surface area contributed by atoms with Crippen molar-refractivity contribution in [1.29, 1.82) is 0 Å². The van der Waals surface area contributed by atoms with Gasteiger partial charge in [0.05, 0.1) is 13.2 Å². The molecular formula is C11H15ClO3. The maximum Gasteiger partial charge on any atom is 0.124 e. The Hall–Kier alpha value is -0.770. The standard InChI is InChI=1S/C11H15ClO3/c1-14-5-2-6-15-11-4-3-10(12)7-9(11)8-13/h3-4,7,13H,2,5-6,8H2,1H3. The fourth-order valence-electron chi connectivity index (χ4n) is 1.20. The molecule has 0 unspecified atom stereocenters. The molecule has 1 N–H and O–H groups in total. The minimum absolute atomic E-state index is 0.0693. The molecular weight excluding hydrogens is 216 g/mol. The zero-order valence-electron chi connectivity index (χ0n) is 8.70. The van der Waals surface area contributed by atoms with Gasteiger partial charge in [0.25, 0.3) is 0 Å². The van der Waals surface area contributed by atoms with Gasteiger partial charge in [0.1, 0.15) is 5.75 Å². The van der Waals surface area contributed by atoms with Crippen molar-refractivity contribution < 1.29 is 14.6 Å². The number of halogens is 1. The lowest BCUT2D eigenvalue weighted by Gasteiger charge is -2.09. The second kappa shape index (κ2) is 6.67.